The Morgan fingerprint density at radius 2 is 2.25 bits per heavy atom. The predicted octanol–water partition coefficient (Wildman–Crippen LogP) is 1.05. The number of hydrogen-bond donors (Lipinski definition) is 3. The summed E-state index contributed by atoms with van der Waals surface area (Å²) in [6, 6.07) is 3.48. The Labute approximate surface area is 118 Å². The van der Waals surface area contributed by atoms with E-state index in [2.05, 4.69) is 10.6 Å². The Bertz CT molecular complexity index is 411. The van der Waals surface area contributed by atoms with Crippen LogP contribution in [0, 0.1) is 0 Å². The first-order valence-corrected chi connectivity index (χ1v) is 6.92. The third-order valence-electron chi connectivity index (χ3n) is 3.32. The Kier molecular flexibility index (Phi) is 5.03. The summed E-state index contributed by atoms with van der Waals surface area (Å²) < 4.78 is 10.4. The number of nitrogens with one attached hydrogen (secondary N) is 2. The van der Waals surface area contributed by atoms with Crippen molar-refractivity contribution in [2.45, 2.75) is 37.8 Å². The number of amides is 2. The summed E-state index contributed by atoms with van der Waals surface area (Å²) in [5.74, 6) is 0.696. The molecule has 1 atom stereocenters. The van der Waals surface area contributed by atoms with E-state index < -0.39 is 5.60 Å². The van der Waals surface area contributed by atoms with Crippen molar-refractivity contribution in [2.24, 2.45) is 0 Å². The van der Waals surface area contributed by atoms with Gasteiger partial charge in [0, 0.05) is 32.2 Å². The van der Waals surface area contributed by atoms with Crippen LogP contribution in [-0.4, -0.2) is 42.5 Å². The molecule has 0 saturated carbocycles. The summed E-state index contributed by atoms with van der Waals surface area (Å²) in [6.45, 7) is 3.20. The van der Waals surface area contributed by atoms with Gasteiger partial charge in [-0.1, -0.05) is 0 Å². The number of aliphatic hydroxyl groups is 1. The topological polar surface area (TPSA) is 83.7 Å². The molecule has 1 aromatic rings. The maximum atomic E-state index is 11.8. The highest BCUT2D eigenvalue weighted by Crippen LogP contribution is 2.12. The number of furan rings is 1. The number of ether oxygens (including phenoxy) is 1. The van der Waals surface area contributed by atoms with Gasteiger partial charge in [0.25, 0.3) is 0 Å². The first-order chi connectivity index (χ1) is 9.55. The van der Waals surface area contributed by atoms with Crippen molar-refractivity contribution in [1.82, 2.24) is 10.6 Å². The lowest BCUT2D eigenvalue weighted by molar-refractivity contribution is 0.0559. The van der Waals surface area contributed by atoms with Gasteiger partial charge < -0.3 is 24.9 Å². The zero-order chi connectivity index (χ0) is 14.4. The van der Waals surface area contributed by atoms with Gasteiger partial charge in [0.2, 0.25) is 0 Å². The SMILES string of the molecule is CC(O)(CNC(=O)NC1CCOCC1)Cc1ccco1. The molecule has 1 saturated heterocycles. The van der Waals surface area contributed by atoms with Gasteiger partial charge in [-0.3, -0.25) is 0 Å². The van der Waals surface area contributed by atoms with Gasteiger partial charge >= 0.3 is 6.03 Å². The third kappa shape index (κ3) is 4.86. The fourth-order valence-electron chi connectivity index (χ4n) is 2.20. The molecule has 0 aromatic carbocycles. The lowest BCUT2D eigenvalue weighted by Crippen LogP contribution is -2.49. The van der Waals surface area contributed by atoms with Gasteiger partial charge in [0.1, 0.15) is 5.76 Å². The average Bonchev–Trinajstić information content (AvgIpc) is 2.90. The first kappa shape index (κ1) is 14.9. The standard InChI is InChI=1S/C14H22N2O4/c1-14(18,9-12-3-2-6-20-12)10-15-13(17)16-11-4-7-19-8-5-11/h2-3,6,11,18H,4-5,7-10H2,1H3,(H2,15,16,17). The molecule has 6 nitrogen and oxygen atoms in total. The van der Waals surface area contributed by atoms with Gasteiger partial charge in [0.05, 0.1) is 11.9 Å². The minimum atomic E-state index is -1.04. The minimum Gasteiger partial charge on any atom is -0.469 e. The highest BCUT2D eigenvalue weighted by Gasteiger charge is 2.24. The van der Waals surface area contributed by atoms with Crippen LogP contribution in [0.3, 0.4) is 0 Å². The molecule has 2 rings (SSSR count). The van der Waals surface area contributed by atoms with E-state index in [0.29, 0.717) is 25.4 Å². The van der Waals surface area contributed by atoms with Crippen molar-refractivity contribution < 1.29 is 19.1 Å². The smallest absolute Gasteiger partial charge is 0.315 e. The van der Waals surface area contributed by atoms with Crippen LogP contribution in [0.5, 0.6) is 0 Å². The quantitative estimate of drug-likeness (QED) is 0.754. The second-order valence-electron chi connectivity index (χ2n) is 5.47. The molecule has 1 aliphatic heterocycles. The summed E-state index contributed by atoms with van der Waals surface area (Å²) in [5.41, 5.74) is -1.04. The highest BCUT2D eigenvalue weighted by molar-refractivity contribution is 5.74. The van der Waals surface area contributed by atoms with E-state index >= 15 is 0 Å². The predicted molar refractivity (Wildman–Crippen MR) is 73.4 cm³/mol. The second-order valence-corrected chi connectivity index (χ2v) is 5.47. The van der Waals surface area contributed by atoms with Crippen molar-refractivity contribution in [2.75, 3.05) is 19.8 Å². The number of carbonyl (C=O) groups is 1. The molecule has 1 aliphatic rings. The van der Waals surface area contributed by atoms with Crippen molar-refractivity contribution >= 4 is 6.03 Å². The van der Waals surface area contributed by atoms with Crippen LogP contribution < -0.4 is 10.6 Å². The normalized spacial score (nSPS) is 19.3. The summed E-state index contributed by atoms with van der Waals surface area (Å²) in [4.78, 5) is 11.8. The molecule has 0 radical (unpaired) electrons. The summed E-state index contributed by atoms with van der Waals surface area (Å²) >= 11 is 0. The van der Waals surface area contributed by atoms with Crippen LogP contribution in [0.15, 0.2) is 22.8 Å². The van der Waals surface area contributed by atoms with Crippen LogP contribution in [0.25, 0.3) is 0 Å². The Hall–Kier alpha value is -1.53. The fraction of sp³-hybridized carbons (Fsp3) is 0.643. The minimum absolute atomic E-state index is 0.152. The van der Waals surface area contributed by atoms with E-state index in [-0.39, 0.29) is 18.6 Å². The van der Waals surface area contributed by atoms with Crippen molar-refractivity contribution in [3.05, 3.63) is 24.2 Å². The summed E-state index contributed by atoms with van der Waals surface area (Å²) in [6.07, 6.45) is 3.58. The van der Waals surface area contributed by atoms with Gasteiger partial charge in [-0.05, 0) is 31.9 Å². The van der Waals surface area contributed by atoms with E-state index in [1.54, 1.807) is 25.3 Å². The van der Waals surface area contributed by atoms with E-state index in [1.165, 1.54) is 0 Å². The molecule has 0 bridgehead atoms. The Morgan fingerprint density at radius 1 is 1.50 bits per heavy atom. The number of hydrogen-bond acceptors (Lipinski definition) is 4. The van der Waals surface area contributed by atoms with Crippen LogP contribution in [0.1, 0.15) is 25.5 Å². The molecule has 6 heteroatoms. The molecule has 112 valence electrons. The zero-order valence-corrected chi connectivity index (χ0v) is 11.7. The summed E-state index contributed by atoms with van der Waals surface area (Å²) in [5, 5.41) is 15.8. The van der Waals surface area contributed by atoms with Crippen LogP contribution in [0.4, 0.5) is 4.79 Å². The number of carbonyl (C=O) groups excluding carboxylic acids is 1. The average molecular weight is 282 g/mol. The zero-order valence-electron chi connectivity index (χ0n) is 11.7. The monoisotopic (exact) mass is 282 g/mol. The number of rotatable bonds is 5. The van der Waals surface area contributed by atoms with E-state index in [0.717, 1.165) is 12.8 Å². The molecule has 20 heavy (non-hydrogen) atoms. The molecule has 2 amide bonds. The van der Waals surface area contributed by atoms with Gasteiger partial charge in [0.15, 0.2) is 0 Å². The lowest BCUT2D eigenvalue weighted by atomic mass is 10.0. The van der Waals surface area contributed by atoms with E-state index in [1.807, 2.05) is 0 Å². The van der Waals surface area contributed by atoms with E-state index in [9.17, 15) is 9.90 Å². The molecule has 2 heterocycles. The van der Waals surface area contributed by atoms with Crippen LogP contribution in [-0.2, 0) is 11.2 Å². The lowest BCUT2D eigenvalue weighted by Gasteiger charge is -2.26. The van der Waals surface area contributed by atoms with E-state index in [4.69, 9.17) is 9.15 Å². The maximum Gasteiger partial charge on any atom is 0.315 e. The van der Waals surface area contributed by atoms with Gasteiger partial charge in [-0.2, -0.15) is 0 Å². The fourth-order valence-corrected chi connectivity index (χ4v) is 2.20. The van der Waals surface area contributed by atoms with Gasteiger partial charge in [-0.25, -0.2) is 4.79 Å². The van der Waals surface area contributed by atoms with Crippen molar-refractivity contribution in [3.63, 3.8) is 0 Å². The Morgan fingerprint density at radius 3 is 2.90 bits per heavy atom. The second kappa shape index (κ2) is 6.76. The molecule has 3 N–H and O–H groups in total. The molecule has 1 aromatic heterocycles. The first-order valence-electron chi connectivity index (χ1n) is 6.92. The van der Waals surface area contributed by atoms with Gasteiger partial charge in [-0.15, -0.1) is 0 Å². The largest absolute Gasteiger partial charge is 0.469 e. The highest BCUT2D eigenvalue weighted by atomic mass is 16.5. The van der Waals surface area contributed by atoms with Crippen molar-refractivity contribution in [3.8, 4) is 0 Å². The third-order valence-corrected chi connectivity index (χ3v) is 3.32. The molecule has 0 aliphatic carbocycles. The molecular weight excluding hydrogens is 260 g/mol. The van der Waals surface area contributed by atoms with Crippen LogP contribution in [0.2, 0.25) is 0 Å². The molecular formula is C14H22N2O4. The van der Waals surface area contributed by atoms with Crippen LogP contribution >= 0.6 is 0 Å². The maximum absolute atomic E-state index is 11.8. The summed E-state index contributed by atoms with van der Waals surface area (Å²) in [7, 11) is 0. The molecule has 0 spiro atoms. The molecule has 1 unspecified atom stereocenters. The van der Waals surface area contributed by atoms with Crippen molar-refractivity contribution in [1.29, 1.82) is 0 Å². The Balaban J connectivity index is 1.71. The molecule has 1 fully saturated rings. The number of urea groups is 1.